The molecule has 0 aliphatic rings. The van der Waals surface area contributed by atoms with Crippen molar-refractivity contribution in [2.24, 2.45) is 0 Å². The van der Waals surface area contributed by atoms with E-state index >= 15 is 0 Å². The topological polar surface area (TPSA) is 34.1 Å². The van der Waals surface area contributed by atoms with E-state index in [1.807, 2.05) is 12.1 Å². The molecular formula is C27H18O2S. The summed E-state index contributed by atoms with van der Waals surface area (Å²) in [5.41, 5.74) is 0. The maximum atomic E-state index is 11.9. The highest BCUT2D eigenvalue weighted by atomic mass is 32.2. The van der Waals surface area contributed by atoms with Gasteiger partial charge in [0.15, 0.2) is 9.84 Å². The fraction of sp³-hybridized carbons (Fsp3) is 0.0370. The minimum Gasteiger partial charge on any atom is -0.224 e. The number of rotatable bonds is 1. The average Bonchev–Trinajstić information content (AvgIpc) is 2.77. The van der Waals surface area contributed by atoms with Gasteiger partial charge in [0, 0.05) is 6.26 Å². The SMILES string of the molecule is CS(=O)(=O)c1ccc2c(ccc3c2ccc2c4ccc5ccccc5c4ccc32)c1. The molecule has 3 heteroatoms. The van der Waals surface area contributed by atoms with Crippen molar-refractivity contribution >= 4 is 63.7 Å². The molecule has 2 nitrogen and oxygen atoms in total. The molecule has 0 unspecified atom stereocenters. The van der Waals surface area contributed by atoms with E-state index in [0.717, 1.165) is 16.2 Å². The number of benzene rings is 6. The van der Waals surface area contributed by atoms with Gasteiger partial charge in [0.2, 0.25) is 0 Å². The molecule has 0 atom stereocenters. The van der Waals surface area contributed by atoms with Crippen molar-refractivity contribution in [1.82, 2.24) is 0 Å². The zero-order valence-corrected chi connectivity index (χ0v) is 17.2. The Morgan fingerprint density at radius 1 is 0.467 bits per heavy atom. The largest absolute Gasteiger partial charge is 0.224 e. The van der Waals surface area contributed by atoms with Crippen molar-refractivity contribution in [3.8, 4) is 0 Å². The van der Waals surface area contributed by atoms with Crippen LogP contribution >= 0.6 is 0 Å². The van der Waals surface area contributed by atoms with Crippen molar-refractivity contribution in [3.05, 3.63) is 91.0 Å². The summed E-state index contributed by atoms with van der Waals surface area (Å²) >= 11 is 0. The lowest BCUT2D eigenvalue weighted by molar-refractivity contribution is 0.602. The molecule has 0 saturated heterocycles. The third kappa shape index (κ3) is 2.45. The van der Waals surface area contributed by atoms with E-state index in [1.165, 1.54) is 44.0 Å². The third-order valence-electron chi connectivity index (χ3n) is 6.14. The highest BCUT2D eigenvalue weighted by Crippen LogP contribution is 2.37. The standard InChI is InChI=1S/C27H18O2S/c1-30(28,29)19-8-11-21-18(16-19)7-10-25-23(21)13-15-26-24-9-6-17-4-2-3-5-20(17)22(24)12-14-27(25)26/h2-16H,1H3. The second kappa shape index (κ2) is 6.04. The van der Waals surface area contributed by atoms with Gasteiger partial charge in [-0.15, -0.1) is 0 Å². The van der Waals surface area contributed by atoms with Crippen molar-refractivity contribution in [1.29, 1.82) is 0 Å². The first-order valence-corrected chi connectivity index (χ1v) is 11.8. The van der Waals surface area contributed by atoms with Gasteiger partial charge < -0.3 is 0 Å². The first-order chi connectivity index (χ1) is 14.5. The summed E-state index contributed by atoms with van der Waals surface area (Å²) in [6, 6.07) is 31.2. The smallest absolute Gasteiger partial charge is 0.175 e. The normalized spacial score (nSPS) is 12.4. The Labute approximate surface area is 174 Å². The van der Waals surface area contributed by atoms with Gasteiger partial charge in [-0.05, 0) is 66.0 Å². The van der Waals surface area contributed by atoms with Crippen molar-refractivity contribution in [2.75, 3.05) is 6.26 Å². The fourth-order valence-corrected chi connectivity index (χ4v) is 5.33. The van der Waals surface area contributed by atoms with E-state index < -0.39 is 9.84 Å². The van der Waals surface area contributed by atoms with Gasteiger partial charge in [0.1, 0.15) is 0 Å². The molecule has 0 aliphatic carbocycles. The number of hydrogen-bond acceptors (Lipinski definition) is 2. The number of fused-ring (bicyclic) bond motifs is 9. The van der Waals surface area contributed by atoms with Gasteiger partial charge >= 0.3 is 0 Å². The van der Waals surface area contributed by atoms with Crippen LogP contribution in [-0.4, -0.2) is 14.7 Å². The first kappa shape index (κ1) is 17.4. The maximum absolute atomic E-state index is 11.9. The lowest BCUT2D eigenvalue weighted by Crippen LogP contribution is -1.96. The van der Waals surface area contributed by atoms with Gasteiger partial charge in [0.25, 0.3) is 0 Å². The van der Waals surface area contributed by atoms with E-state index in [0.29, 0.717) is 4.90 Å². The van der Waals surface area contributed by atoms with Crippen LogP contribution in [-0.2, 0) is 9.84 Å². The molecule has 144 valence electrons. The van der Waals surface area contributed by atoms with Crippen molar-refractivity contribution in [2.45, 2.75) is 4.90 Å². The molecule has 0 spiro atoms. The Morgan fingerprint density at radius 2 is 0.900 bits per heavy atom. The molecule has 0 N–H and O–H groups in total. The van der Waals surface area contributed by atoms with Crippen molar-refractivity contribution in [3.63, 3.8) is 0 Å². The van der Waals surface area contributed by atoms with E-state index in [9.17, 15) is 8.42 Å². The predicted octanol–water partition coefficient (Wildman–Crippen LogP) is 6.86. The molecule has 0 amide bonds. The molecule has 6 aromatic rings. The Bertz CT molecular complexity index is 1760. The van der Waals surface area contributed by atoms with Crippen molar-refractivity contribution < 1.29 is 8.42 Å². The van der Waals surface area contributed by atoms with Crippen LogP contribution in [0.4, 0.5) is 0 Å². The summed E-state index contributed by atoms with van der Waals surface area (Å²) in [5.74, 6) is 0. The Hall–Kier alpha value is -3.43. The maximum Gasteiger partial charge on any atom is 0.175 e. The second-order valence-electron chi connectivity index (χ2n) is 7.92. The summed E-state index contributed by atoms with van der Waals surface area (Å²) in [7, 11) is -3.22. The zero-order chi connectivity index (χ0) is 20.5. The molecule has 0 radical (unpaired) electrons. The molecule has 0 fully saturated rings. The highest BCUT2D eigenvalue weighted by Gasteiger charge is 2.11. The predicted molar refractivity (Wildman–Crippen MR) is 127 cm³/mol. The van der Waals surface area contributed by atoms with Gasteiger partial charge in [-0.2, -0.15) is 0 Å². The highest BCUT2D eigenvalue weighted by molar-refractivity contribution is 7.90. The summed E-state index contributed by atoms with van der Waals surface area (Å²) in [6.45, 7) is 0. The number of sulfone groups is 1. The Kier molecular flexibility index (Phi) is 3.51. The molecule has 0 heterocycles. The minimum atomic E-state index is -3.22. The summed E-state index contributed by atoms with van der Waals surface area (Å²) < 4.78 is 23.9. The van der Waals surface area contributed by atoms with Gasteiger partial charge in [-0.25, -0.2) is 8.42 Å². The summed E-state index contributed by atoms with van der Waals surface area (Å²) in [4.78, 5) is 0.355. The summed E-state index contributed by atoms with van der Waals surface area (Å²) in [5, 5.41) is 11.8. The van der Waals surface area contributed by atoms with E-state index in [4.69, 9.17) is 0 Å². The van der Waals surface area contributed by atoms with Crippen LogP contribution in [0.15, 0.2) is 95.9 Å². The molecule has 0 saturated carbocycles. The summed E-state index contributed by atoms with van der Waals surface area (Å²) in [6.07, 6.45) is 1.25. The van der Waals surface area contributed by atoms with Crippen LogP contribution in [0.1, 0.15) is 0 Å². The van der Waals surface area contributed by atoms with Crippen LogP contribution in [0.2, 0.25) is 0 Å². The molecule has 0 aromatic heterocycles. The number of hydrogen-bond donors (Lipinski definition) is 0. The van der Waals surface area contributed by atoms with Crippen LogP contribution < -0.4 is 0 Å². The lowest BCUT2D eigenvalue weighted by Gasteiger charge is -2.12. The zero-order valence-electron chi connectivity index (χ0n) is 16.4. The van der Waals surface area contributed by atoms with Crippen LogP contribution in [0, 0.1) is 0 Å². The van der Waals surface area contributed by atoms with Crippen LogP contribution in [0.25, 0.3) is 53.9 Å². The first-order valence-electron chi connectivity index (χ1n) is 9.90. The van der Waals surface area contributed by atoms with Gasteiger partial charge in [0.05, 0.1) is 4.90 Å². The van der Waals surface area contributed by atoms with Gasteiger partial charge in [-0.3, -0.25) is 0 Å². The molecule has 0 aliphatic heterocycles. The van der Waals surface area contributed by atoms with E-state index in [2.05, 4.69) is 66.7 Å². The van der Waals surface area contributed by atoms with E-state index in [-0.39, 0.29) is 0 Å². The fourth-order valence-electron chi connectivity index (χ4n) is 4.67. The minimum absolute atomic E-state index is 0.355. The molecular weight excluding hydrogens is 388 g/mol. The second-order valence-corrected chi connectivity index (χ2v) is 9.94. The van der Waals surface area contributed by atoms with Gasteiger partial charge in [-0.1, -0.05) is 78.9 Å². The molecule has 6 rings (SSSR count). The monoisotopic (exact) mass is 406 g/mol. The molecule has 6 aromatic carbocycles. The van der Waals surface area contributed by atoms with Crippen LogP contribution in [0.5, 0.6) is 0 Å². The Balaban J connectivity index is 1.71. The lowest BCUT2D eigenvalue weighted by atomic mass is 9.92. The molecule has 30 heavy (non-hydrogen) atoms. The third-order valence-corrected chi connectivity index (χ3v) is 7.25. The molecule has 0 bridgehead atoms. The van der Waals surface area contributed by atoms with E-state index in [1.54, 1.807) is 12.1 Å². The quantitative estimate of drug-likeness (QED) is 0.280. The van der Waals surface area contributed by atoms with Crippen LogP contribution in [0.3, 0.4) is 0 Å². The average molecular weight is 407 g/mol. The Morgan fingerprint density at radius 3 is 1.50 bits per heavy atom.